The van der Waals surface area contributed by atoms with Crippen molar-refractivity contribution in [3.8, 4) is 0 Å². The zero-order valence-electron chi connectivity index (χ0n) is 15.3. The van der Waals surface area contributed by atoms with Crippen molar-refractivity contribution in [3.63, 3.8) is 0 Å². The van der Waals surface area contributed by atoms with Crippen molar-refractivity contribution >= 4 is 0 Å². The summed E-state index contributed by atoms with van der Waals surface area (Å²) in [6.45, 7) is 0. The molecule has 4 rings (SSSR count). The summed E-state index contributed by atoms with van der Waals surface area (Å²) >= 11 is 0. The lowest BCUT2D eigenvalue weighted by atomic mass is 9.74. The molecule has 0 saturated heterocycles. The van der Waals surface area contributed by atoms with Gasteiger partial charge in [0, 0.05) is 5.92 Å². The summed E-state index contributed by atoms with van der Waals surface area (Å²) in [6, 6.07) is 44.2. The smallest absolute Gasteiger partial charge is 0.0161 e. The second-order valence-corrected chi connectivity index (χ2v) is 6.93. The summed E-state index contributed by atoms with van der Waals surface area (Å²) in [4.78, 5) is 0. The number of rotatable bonds is 6. The Bertz CT molecular complexity index is 889. The lowest BCUT2D eigenvalue weighted by Crippen LogP contribution is -2.15. The largest absolute Gasteiger partial charge is 0.0622 e. The SMILES string of the molecule is [c]1ccc(C(c2ccccc2)C(Cc2ccccc2)c2ccccc2)cc1. The van der Waals surface area contributed by atoms with Crippen molar-refractivity contribution in [2.24, 2.45) is 0 Å². The molecule has 0 saturated carbocycles. The van der Waals surface area contributed by atoms with E-state index in [1.165, 1.54) is 22.3 Å². The standard InChI is InChI=1S/C27H23/c1-5-13-22(14-6-1)21-26(23-15-7-2-8-16-23)27(24-17-9-3-10-18-24)25-19-11-4-12-20-25/h1-3,5-20,26-27H,21H2. The summed E-state index contributed by atoms with van der Waals surface area (Å²) in [6.07, 6.45) is 1.00. The molecule has 0 aliphatic carbocycles. The average molecular weight is 347 g/mol. The Morgan fingerprint density at radius 3 is 1.59 bits per heavy atom. The summed E-state index contributed by atoms with van der Waals surface area (Å²) < 4.78 is 0. The van der Waals surface area contributed by atoms with Crippen molar-refractivity contribution in [1.82, 2.24) is 0 Å². The van der Waals surface area contributed by atoms with E-state index in [-0.39, 0.29) is 0 Å². The fourth-order valence-electron chi connectivity index (χ4n) is 3.92. The summed E-state index contributed by atoms with van der Waals surface area (Å²) in [5.41, 5.74) is 5.44. The zero-order chi connectivity index (χ0) is 18.3. The first-order chi connectivity index (χ1) is 13.4. The fourth-order valence-corrected chi connectivity index (χ4v) is 3.92. The molecular formula is C27H23. The van der Waals surface area contributed by atoms with E-state index < -0.39 is 0 Å². The molecule has 4 aromatic rings. The highest BCUT2D eigenvalue weighted by molar-refractivity contribution is 5.39. The van der Waals surface area contributed by atoms with Crippen LogP contribution >= 0.6 is 0 Å². The molecule has 0 fully saturated rings. The van der Waals surface area contributed by atoms with Gasteiger partial charge in [-0.1, -0.05) is 115 Å². The summed E-state index contributed by atoms with van der Waals surface area (Å²) in [5, 5.41) is 0. The molecule has 0 aliphatic rings. The van der Waals surface area contributed by atoms with E-state index in [9.17, 15) is 0 Å². The van der Waals surface area contributed by atoms with Crippen molar-refractivity contribution < 1.29 is 0 Å². The van der Waals surface area contributed by atoms with Crippen LogP contribution in [0.2, 0.25) is 0 Å². The quantitative estimate of drug-likeness (QED) is 0.366. The molecule has 131 valence electrons. The first kappa shape index (κ1) is 17.3. The predicted octanol–water partition coefficient (Wildman–Crippen LogP) is 6.65. The van der Waals surface area contributed by atoms with E-state index >= 15 is 0 Å². The van der Waals surface area contributed by atoms with E-state index in [4.69, 9.17) is 0 Å². The fraction of sp³-hybridized carbons (Fsp3) is 0.111. The van der Waals surface area contributed by atoms with Gasteiger partial charge in [-0.05, 0) is 40.7 Å². The van der Waals surface area contributed by atoms with Gasteiger partial charge in [-0.2, -0.15) is 0 Å². The van der Waals surface area contributed by atoms with Gasteiger partial charge in [0.05, 0.1) is 0 Å². The maximum atomic E-state index is 3.17. The normalized spacial score (nSPS) is 12.0. The minimum atomic E-state index is 0.295. The van der Waals surface area contributed by atoms with E-state index in [0.717, 1.165) is 6.42 Å². The maximum Gasteiger partial charge on any atom is 0.0161 e. The molecule has 27 heavy (non-hydrogen) atoms. The van der Waals surface area contributed by atoms with E-state index in [1.54, 1.807) is 0 Å². The van der Waals surface area contributed by atoms with Crippen LogP contribution in [0.15, 0.2) is 115 Å². The van der Waals surface area contributed by atoms with Crippen LogP contribution in [0.4, 0.5) is 0 Å². The minimum Gasteiger partial charge on any atom is -0.0622 e. The van der Waals surface area contributed by atoms with Crippen LogP contribution < -0.4 is 0 Å². The molecule has 0 nitrogen and oxygen atoms in total. The van der Waals surface area contributed by atoms with Gasteiger partial charge in [0.1, 0.15) is 0 Å². The molecule has 2 unspecified atom stereocenters. The second-order valence-electron chi connectivity index (χ2n) is 6.93. The van der Waals surface area contributed by atoms with Gasteiger partial charge < -0.3 is 0 Å². The number of benzene rings is 4. The van der Waals surface area contributed by atoms with Crippen molar-refractivity contribution in [1.29, 1.82) is 0 Å². The molecule has 0 aromatic heterocycles. The van der Waals surface area contributed by atoms with Crippen LogP contribution in [0.25, 0.3) is 0 Å². The third-order valence-electron chi connectivity index (χ3n) is 5.19. The number of hydrogen-bond donors (Lipinski definition) is 0. The molecule has 0 spiro atoms. The Kier molecular flexibility index (Phi) is 5.45. The number of hydrogen-bond acceptors (Lipinski definition) is 0. The van der Waals surface area contributed by atoms with Crippen LogP contribution in [0.3, 0.4) is 0 Å². The summed E-state index contributed by atoms with van der Waals surface area (Å²) in [5.74, 6) is 0.654. The lowest BCUT2D eigenvalue weighted by Gasteiger charge is -2.29. The van der Waals surface area contributed by atoms with Crippen LogP contribution in [-0.4, -0.2) is 0 Å². The highest BCUT2D eigenvalue weighted by atomic mass is 14.3. The molecular weight excluding hydrogens is 324 g/mol. The van der Waals surface area contributed by atoms with E-state index in [1.807, 2.05) is 12.1 Å². The Labute approximate surface area is 162 Å². The zero-order valence-corrected chi connectivity index (χ0v) is 15.3. The molecule has 0 bridgehead atoms. The van der Waals surface area contributed by atoms with Gasteiger partial charge >= 0.3 is 0 Å². The average Bonchev–Trinajstić information content (AvgIpc) is 2.76. The Balaban J connectivity index is 1.83. The van der Waals surface area contributed by atoms with E-state index in [0.29, 0.717) is 11.8 Å². The molecule has 0 N–H and O–H groups in total. The van der Waals surface area contributed by atoms with Gasteiger partial charge in [-0.25, -0.2) is 0 Å². The molecule has 1 radical (unpaired) electrons. The Hall–Kier alpha value is -3.12. The molecule has 0 aliphatic heterocycles. The monoisotopic (exact) mass is 347 g/mol. The Morgan fingerprint density at radius 2 is 1.00 bits per heavy atom. The van der Waals surface area contributed by atoms with Crippen LogP contribution in [0, 0.1) is 6.07 Å². The van der Waals surface area contributed by atoms with Gasteiger partial charge in [0.2, 0.25) is 0 Å². The van der Waals surface area contributed by atoms with Gasteiger partial charge in [-0.15, -0.1) is 0 Å². The second kappa shape index (κ2) is 8.51. The van der Waals surface area contributed by atoms with Crippen LogP contribution in [0.1, 0.15) is 34.1 Å². The lowest BCUT2D eigenvalue weighted by molar-refractivity contribution is 0.600. The molecule has 4 aromatic carbocycles. The topological polar surface area (TPSA) is 0 Å². The molecule has 2 atom stereocenters. The van der Waals surface area contributed by atoms with Gasteiger partial charge in [0.25, 0.3) is 0 Å². The van der Waals surface area contributed by atoms with Crippen molar-refractivity contribution in [3.05, 3.63) is 144 Å². The first-order valence-corrected chi connectivity index (χ1v) is 9.51. The molecule has 0 heteroatoms. The third-order valence-corrected chi connectivity index (χ3v) is 5.19. The van der Waals surface area contributed by atoms with E-state index in [2.05, 4.69) is 109 Å². The van der Waals surface area contributed by atoms with Gasteiger partial charge in [-0.3, -0.25) is 0 Å². The maximum absolute atomic E-state index is 3.17. The third kappa shape index (κ3) is 4.17. The first-order valence-electron chi connectivity index (χ1n) is 9.51. The van der Waals surface area contributed by atoms with Gasteiger partial charge in [0.15, 0.2) is 0 Å². The molecule has 0 heterocycles. The molecule has 0 amide bonds. The van der Waals surface area contributed by atoms with Crippen LogP contribution in [0.5, 0.6) is 0 Å². The highest BCUT2D eigenvalue weighted by Crippen LogP contribution is 2.40. The van der Waals surface area contributed by atoms with Crippen LogP contribution in [-0.2, 0) is 6.42 Å². The highest BCUT2D eigenvalue weighted by Gasteiger charge is 2.26. The Morgan fingerprint density at radius 1 is 0.519 bits per heavy atom. The minimum absolute atomic E-state index is 0.295. The van der Waals surface area contributed by atoms with Crippen molar-refractivity contribution in [2.45, 2.75) is 18.3 Å². The predicted molar refractivity (Wildman–Crippen MR) is 113 cm³/mol. The summed E-state index contributed by atoms with van der Waals surface area (Å²) in [7, 11) is 0. The van der Waals surface area contributed by atoms with Crippen molar-refractivity contribution in [2.75, 3.05) is 0 Å².